The highest BCUT2D eigenvalue weighted by atomic mass is 32.2. The monoisotopic (exact) mass is 469 g/mol. The van der Waals surface area contributed by atoms with E-state index in [1.165, 1.54) is 25.6 Å². The summed E-state index contributed by atoms with van der Waals surface area (Å²) in [5.74, 6) is 0.171. The van der Waals surface area contributed by atoms with E-state index >= 15 is 0 Å². The molecule has 0 aliphatic heterocycles. The van der Waals surface area contributed by atoms with E-state index in [-0.39, 0.29) is 16.5 Å². The predicted molar refractivity (Wildman–Crippen MR) is 130 cm³/mol. The summed E-state index contributed by atoms with van der Waals surface area (Å²) in [6.07, 6.45) is 6.59. The van der Waals surface area contributed by atoms with Gasteiger partial charge in [-0.1, -0.05) is 24.3 Å². The van der Waals surface area contributed by atoms with Crippen LogP contribution in [0, 0.1) is 0 Å². The molecule has 9 heteroatoms. The number of methoxy groups -OCH3 is 1. The van der Waals surface area contributed by atoms with Gasteiger partial charge in [-0.25, -0.2) is 23.4 Å². The van der Waals surface area contributed by atoms with Crippen LogP contribution in [0.5, 0.6) is 5.88 Å². The molecule has 0 radical (unpaired) electrons. The number of pyridine rings is 2. The number of sulfonamides is 1. The van der Waals surface area contributed by atoms with Crippen LogP contribution in [0.1, 0.15) is 0 Å². The Morgan fingerprint density at radius 3 is 2.38 bits per heavy atom. The van der Waals surface area contributed by atoms with Gasteiger partial charge in [-0.15, -0.1) is 0 Å². The molecule has 34 heavy (non-hydrogen) atoms. The van der Waals surface area contributed by atoms with E-state index < -0.39 is 10.0 Å². The Morgan fingerprint density at radius 2 is 1.62 bits per heavy atom. The number of rotatable bonds is 6. The van der Waals surface area contributed by atoms with Crippen LogP contribution >= 0.6 is 0 Å². The maximum atomic E-state index is 12.9. The smallest absolute Gasteiger partial charge is 0.262 e. The normalized spacial score (nSPS) is 11.3. The minimum Gasteiger partial charge on any atom is -0.480 e. The highest BCUT2D eigenvalue weighted by Gasteiger charge is 2.18. The molecule has 0 amide bonds. The molecule has 0 fully saturated rings. The van der Waals surface area contributed by atoms with Crippen molar-refractivity contribution in [3.05, 3.63) is 91.6 Å². The van der Waals surface area contributed by atoms with Crippen LogP contribution in [0.4, 0.5) is 5.69 Å². The Labute approximate surface area is 196 Å². The molecule has 2 aromatic carbocycles. The molecule has 5 rings (SSSR count). The quantitative estimate of drug-likeness (QED) is 0.388. The largest absolute Gasteiger partial charge is 0.480 e. The van der Waals surface area contributed by atoms with Crippen LogP contribution in [-0.2, 0) is 10.0 Å². The fourth-order valence-corrected chi connectivity index (χ4v) is 4.69. The number of nitrogens with zero attached hydrogens (tertiary/aromatic N) is 4. The Balaban J connectivity index is 1.59. The zero-order chi connectivity index (χ0) is 23.5. The van der Waals surface area contributed by atoms with Gasteiger partial charge in [0.25, 0.3) is 10.0 Å². The van der Waals surface area contributed by atoms with Crippen LogP contribution < -0.4 is 9.46 Å². The third kappa shape index (κ3) is 4.16. The van der Waals surface area contributed by atoms with Crippen LogP contribution in [0.15, 0.2) is 96.5 Å². The fraction of sp³-hybridized carbons (Fsp3) is 0.0400. The minimum atomic E-state index is -3.82. The molecule has 0 saturated heterocycles. The summed E-state index contributed by atoms with van der Waals surface area (Å²) < 4.78 is 33.6. The molecule has 3 heterocycles. The van der Waals surface area contributed by atoms with E-state index in [4.69, 9.17) is 4.74 Å². The second-order valence-electron chi connectivity index (χ2n) is 7.39. The van der Waals surface area contributed by atoms with Gasteiger partial charge in [-0.3, -0.25) is 9.71 Å². The Morgan fingerprint density at radius 1 is 0.824 bits per heavy atom. The summed E-state index contributed by atoms with van der Waals surface area (Å²) in [5.41, 5.74) is 4.26. The molecule has 0 saturated carbocycles. The summed E-state index contributed by atoms with van der Waals surface area (Å²) in [4.78, 5) is 17.4. The van der Waals surface area contributed by atoms with E-state index in [9.17, 15) is 8.42 Å². The van der Waals surface area contributed by atoms with Gasteiger partial charge < -0.3 is 4.74 Å². The van der Waals surface area contributed by atoms with Crippen molar-refractivity contribution in [2.45, 2.75) is 4.90 Å². The molecule has 8 nitrogen and oxygen atoms in total. The van der Waals surface area contributed by atoms with Crippen molar-refractivity contribution in [1.29, 1.82) is 0 Å². The minimum absolute atomic E-state index is 0.146. The Kier molecular flexibility index (Phi) is 5.60. The van der Waals surface area contributed by atoms with Crippen LogP contribution in [0.25, 0.3) is 33.3 Å². The number of anilines is 1. The SMILES string of the molecule is COc1ncc(-c2ccc3ncnc(-c4ccncc4)c3c2)cc1NS(=O)(=O)c1ccccc1. The molecule has 3 aromatic heterocycles. The lowest BCUT2D eigenvalue weighted by molar-refractivity contribution is 0.400. The predicted octanol–water partition coefficient (Wildman–Crippen LogP) is 4.56. The Bertz CT molecular complexity index is 1580. The average molecular weight is 470 g/mol. The summed E-state index contributed by atoms with van der Waals surface area (Å²) in [5, 5.41) is 0.855. The first-order valence-electron chi connectivity index (χ1n) is 10.3. The number of nitrogens with one attached hydrogen (secondary N) is 1. The van der Waals surface area contributed by atoms with Crippen molar-refractivity contribution in [3.8, 4) is 28.3 Å². The molecule has 5 aromatic rings. The van der Waals surface area contributed by atoms with Crippen molar-refractivity contribution in [2.24, 2.45) is 0 Å². The number of aromatic nitrogens is 4. The molecule has 168 valence electrons. The third-order valence-electron chi connectivity index (χ3n) is 5.26. The zero-order valence-corrected chi connectivity index (χ0v) is 18.9. The van der Waals surface area contributed by atoms with E-state index in [1.54, 1.807) is 42.9 Å². The molecule has 0 unspecified atom stereocenters. The van der Waals surface area contributed by atoms with E-state index in [0.29, 0.717) is 5.56 Å². The second kappa shape index (κ2) is 8.87. The first-order valence-corrected chi connectivity index (χ1v) is 11.8. The first kappa shape index (κ1) is 21.5. The third-order valence-corrected chi connectivity index (χ3v) is 6.65. The highest BCUT2D eigenvalue weighted by Crippen LogP contribution is 2.33. The van der Waals surface area contributed by atoms with Gasteiger partial charge in [-0.2, -0.15) is 0 Å². The lowest BCUT2D eigenvalue weighted by atomic mass is 10.0. The van der Waals surface area contributed by atoms with E-state index in [1.807, 2.05) is 30.3 Å². The fourth-order valence-electron chi connectivity index (χ4n) is 3.63. The highest BCUT2D eigenvalue weighted by molar-refractivity contribution is 7.92. The van der Waals surface area contributed by atoms with Gasteiger partial charge >= 0.3 is 0 Å². The van der Waals surface area contributed by atoms with Gasteiger partial charge in [0.1, 0.15) is 12.0 Å². The van der Waals surface area contributed by atoms with Crippen molar-refractivity contribution < 1.29 is 13.2 Å². The molecule has 0 spiro atoms. The van der Waals surface area contributed by atoms with Gasteiger partial charge in [0.2, 0.25) is 5.88 Å². The second-order valence-corrected chi connectivity index (χ2v) is 9.07. The lowest BCUT2D eigenvalue weighted by Crippen LogP contribution is -2.14. The van der Waals surface area contributed by atoms with E-state index in [0.717, 1.165) is 27.7 Å². The van der Waals surface area contributed by atoms with Crippen molar-refractivity contribution >= 4 is 26.6 Å². The van der Waals surface area contributed by atoms with Crippen molar-refractivity contribution in [2.75, 3.05) is 11.8 Å². The number of ether oxygens (including phenoxy) is 1. The molecule has 0 aliphatic rings. The van der Waals surface area contributed by atoms with Crippen LogP contribution in [0.2, 0.25) is 0 Å². The number of hydrogen-bond acceptors (Lipinski definition) is 7. The average Bonchev–Trinajstić information content (AvgIpc) is 2.89. The van der Waals surface area contributed by atoms with Crippen molar-refractivity contribution in [1.82, 2.24) is 19.9 Å². The Hall–Kier alpha value is -4.37. The van der Waals surface area contributed by atoms with Gasteiger partial charge in [-0.05, 0) is 48.0 Å². The standard InChI is InChI=1S/C25H19N5O3S/c1-33-25-23(30-34(31,32)20-5-3-2-4-6-20)14-19(15-27-25)18-7-8-22-21(13-18)24(29-16-28-22)17-9-11-26-12-10-17/h2-16,30H,1H3. The maximum absolute atomic E-state index is 12.9. The number of benzene rings is 2. The van der Waals surface area contributed by atoms with E-state index in [2.05, 4.69) is 24.7 Å². The van der Waals surface area contributed by atoms with Crippen LogP contribution in [0.3, 0.4) is 0 Å². The first-order chi connectivity index (χ1) is 16.5. The maximum Gasteiger partial charge on any atom is 0.262 e. The van der Waals surface area contributed by atoms with Crippen LogP contribution in [-0.4, -0.2) is 35.5 Å². The number of fused-ring (bicyclic) bond motifs is 1. The molecule has 0 bridgehead atoms. The lowest BCUT2D eigenvalue weighted by Gasteiger charge is -2.13. The molecular weight excluding hydrogens is 450 g/mol. The van der Waals surface area contributed by atoms with Gasteiger partial charge in [0.15, 0.2) is 0 Å². The summed E-state index contributed by atoms with van der Waals surface area (Å²) >= 11 is 0. The summed E-state index contributed by atoms with van der Waals surface area (Å²) in [7, 11) is -2.38. The number of hydrogen-bond donors (Lipinski definition) is 1. The summed E-state index contributed by atoms with van der Waals surface area (Å²) in [6, 6.07) is 19.4. The van der Waals surface area contributed by atoms with Gasteiger partial charge in [0.05, 0.1) is 23.2 Å². The van der Waals surface area contributed by atoms with Crippen molar-refractivity contribution in [3.63, 3.8) is 0 Å². The topological polar surface area (TPSA) is 107 Å². The molecule has 0 atom stereocenters. The molecule has 1 N–H and O–H groups in total. The molecule has 0 aliphatic carbocycles. The zero-order valence-electron chi connectivity index (χ0n) is 18.1. The van der Waals surface area contributed by atoms with Gasteiger partial charge in [0, 0.05) is 35.1 Å². The molecular formula is C25H19N5O3S. The summed E-state index contributed by atoms with van der Waals surface area (Å²) in [6.45, 7) is 0.